The first kappa shape index (κ1) is 12.5. The number of carboxylic acid groups (broad SMARTS) is 1. The molecule has 0 aliphatic carbocycles. The Balaban J connectivity index is 2.72. The molecule has 0 radical (unpaired) electrons. The molecule has 4 heteroatoms. The fraction of sp³-hybridized carbons (Fsp3) is 0.417. The number of aliphatic carboxylic acids is 1. The van der Waals surface area contributed by atoms with Gasteiger partial charge in [0, 0.05) is 12.8 Å². The third-order valence-electron chi connectivity index (χ3n) is 2.31. The lowest BCUT2D eigenvalue weighted by Crippen LogP contribution is -2.33. The van der Waals surface area contributed by atoms with Crippen LogP contribution < -0.4 is 5.32 Å². The van der Waals surface area contributed by atoms with Crippen LogP contribution in [0.4, 0.5) is 5.69 Å². The number of carbonyl (C=O) groups is 1. The number of hydrogen-bond acceptors (Lipinski definition) is 3. The third kappa shape index (κ3) is 3.55. The summed E-state index contributed by atoms with van der Waals surface area (Å²) >= 11 is 0. The van der Waals surface area contributed by atoms with Crippen molar-refractivity contribution in [3.63, 3.8) is 0 Å². The SMILES string of the molecule is CCc1cccc(NC(COC)C(=O)O)c1. The summed E-state index contributed by atoms with van der Waals surface area (Å²) in [6.07, 6.45) is 0.928. The summed E-state index contributed by atoms with van der Waals surface area (Å²) in [6, 6.07) is 7.01. The minimum Gasteiger partial charge on any atom is -0.480 e. The number of ether oxygens (including phenoxy) is 1. The van der Waals surface area contributed by atoms with E-state index in [0.717, 1.165) is 12.1 Å². The quantitative estimate of drug-likeness (QED) is 0.771. The molecule has 1 aromatic rings. The molecule has 1 unspecified atom stereocenters. The largest absolute Gasteiger partial charge is 0.480 e. The number of nitrogens with one attached hydrogen (secondary N) is 1. The maximum absolute atomic E-state index is 10.9. The molecule has 1 aromatic carbocycles. The fourth-order valence-electron chi connectivity index (χ4n) is 1.42. The molecule has 0 fully saturated rings. The maximum Gasteiger partial charge on any atom is 0.328 e. The van der Waals surface area contributed by atoms with E-state index in [2.05, 4.69) is 12.2 Å². The summed E-state index contributed by atoms with van der Waals surface area (Å²) in [6.45, 7) is 2.20. The highest BCUT2D eigenvalue weighted by Gasteiger charge is 2.16. The minimum atomic E-state index is -0.913. The predicted octanol–water partition coefficient (Wildman–Crippen LogP) is 1.76. The number of hydrogen-bond donors (Lipinski definition) is 2. The van der Waals surface area contributed by atoms with E-state index in [1.807, 2.05) is 24.3 Å². The van der Waals surface area contributed by atoms with Gasteiger partial charge in [0.25, 0.3) is 0 Å². The predicted molar refractivity (Wildman–Crippen MR) is 62.7 cm³/mol. The Morgan fingerprint density at radius 2 is 2.31 bits per heavy atom. The van der Waals surface area contributed by atoms with Crippen molar-refractivity contribution in [2.45, 2.75) is 19.4 Å². The summed E-state index contributed by atoms with van der Waals surface area (Å²) in [5.74, 6) is -0.913. The van der Waals surface area contributed by atoms with Crippen LogP contribution in [0.25, 0.3) is 0 Å². The molecule has 88 valence electrons. The lowest BCUT2D eigenvalue weighted by Gasteiger charge is -2.15. The molecule has 0 saturated heterocycles. The van der Waals surface area contributed by atoms with Crippen LogP contribution in [0.2, 0.25) is 0 Å². The van der Waals surface area contributed by atoms with Gasteiger partial charge in [-0.15, -0.1) is 0 Å². The highest BCUT2D eigenvalue weighted by atomic mass is 16.5. The van der Waals surface area contributed by atoms with Crippen molar-refractivity contribution in [1.29, 1.82) is 0 Å². The Kier molecular flexibility index (Phi) is 4.79. The Labute approximate surface area is 95.2 Å². The zero-order valence-electron chi connectivity index (χ0n) is 9.56. The van der Waals surface area contributed by atoms with Crippen LogP contribution in [-0.4, -0.2) is 30.8 Å². The van der Waals surface area contributed by atoms with Crippen molar-refractivity contribution < 1.29 is 14.6 Å². The molecular weight excluding hydrogens is 206 g/mol. The average molecular weight is 223 g/mol. The Hall–Kier alpha value is -1.55. The van der Waals surface area contributed by atoms with Gasteiger partial charge in [0.15, 0.2) is 0 Å². The van der Waals surface area contributed by atoms with Crippen LogP contribution in [0.3, 0.4) is 0 Å². The second-order valence-electron chi connectivity index (χ2n) is 3.54. The van der Waals surface area contributed by atoms with Gasteiger partial charge in [0.05, 0.1) is 6.61 Å². The van der Waals surface area contributed by atoms with E-state index in [9.17, 15) is 4.79 Å². The monoisotopic (exact) mass is 223 g/mol. The van der Waals surface area contributed by atoms with Gasteiger partial charge >= 0.3 is 5.97 Å². The van der Waals surface area contributed by atoms with Gasteiger partial charge in [-0.25, -0.2) is 4.79 Å². The van der Waals surface area contributed by atoms with E-state index in [1.54, 1.807) is 0 Å². The van der Waals surface area contributed by atoms with Crippen LogP contribution >= 0.6 is 0 Å². The summed E-state index contributed by atoms with van der Waals surface area (Å²) in [7, 11) is 1.49. The van der Waals surface area contributed by atoms with E-state index in [-0.39, 0.29) is 6.61 Å². The zero-order valence-corrected chi connectivity index (χ0v) is 9.56. The number of rotatable bonds is 6. The number of aryl methyl sites for hydroxylation is 1. The summed E-state index contributed by atoms with van der Waals surface area (Å²) < 4.78 is 4.85. The highest BCUT2D eigenvalue weighted by Crippen LogP contribution is 2.12. The number of anilines is 1. The van der Waals surface area contributed by atoms with Crippen molar-refractivity contribution in [2.75, 3.05) is 19.0 Å². The Bertz CT molecular complexity index is 352. The zero-order chi connectivity index (χ0) is 12.0. The highest BCUT2D eigenvalue weighted by molar-refractivity contribution is 5.77. The number of carboxylic acids is 1. The first-order valence-electron chi connectivity index (χ1n) is 5.24. The molecule has 4 nitrogen and oxygen atoms in total. The van der Waals surface area contributed by atoms with E-state index in [0.29, 0.717) is 0 Å². The molecule has 0 heterocycles. The van der Waals surface area contributed by atoms with Crippen molar-refractivity contribution in [3.8, 4) is 0 Å². The van der Waals surface area contributed by atoms with E-state index >= 15 is 0 Å². The van der Waals surface area contributed by atoms with Gasteiger partial charge in [-0.05, 0) is 24.1 Å². The number of methoxy groups -OCH3 is 1. The van der Waals surface area contributed by atoms with Crippen molar-refractivity contribution in [1.82, 2.24) is 0 Å². The van der Waals surface area contributed by atoms with Crippen LogP contribution in [0.5, 0.6) is 0 Å². The van der Waals surface area contributed by atoms with Gasteiger partial charge in [0.1, 0.15) is 6.04 Å². The molecule has 1 rings (SSSR count). The third-order valence-corrected chi connectivity index (χ3v) is 2.31. The van der Waals surface area contributed by atoms with Crippen molar-refractivity contribution >= 4 is 11.7 Å². The lowest BCUT2D eigenvalue weighted by molar-refractivity contribution is -0.139. The molecule has 0 saturated carbocycles. The second kappa shape index (κ2) is 6.12. The Morgan fingerprint density at radius 3 is 2.88 bits per heavy atom. The molecule has 0 spiro atoms. The van der Waals surface area contributed by atoms with Crippen LogP contribution in [0.1, 0.15) is 12.5 Å². The van der Waals surface area contributed by atoms with Crippen molar-refractivity contribution in [2.24, 2.45) is 0 Å². The van der Waals surface area contributed by atoms with Gasteiger partial charge in [-0.3, -0.25) is 0 Å². The molecule has 2 N–H and O–H groups in total. The summed E-state index contributed by atoms with van der Waals surface area (Å²) in [5, 5.41) is 11.9. The molecule has 0 amide bonds. The standard InChI is InChI=1S/C12H17NO3/c1-3-9-5-4-6-10(7-9)13-11(8-16-2)12(14)15/h4-7,11,13H,3,8H2,1-2H3,(H,14,15). The molecule has 0 aliphatic rings. The van der Waals surface area contributed by atoms with Crippen LogP contribution in [0, 0.1) is 0 Å². The van der Waals surface area contributed by atoms with E-state index < -0.39 is 12.0 Å². The second-order valence-corrected chi connectivity index (χ2v) is 3.54. The van der Waals surface area contributed by atoms with Crippen LogP contribution in [-0.2, 0) is 16.0 Å². The van der Waals surface area contributed by atoms with Gasteiger partial charge in [0.2, 0.25) is 0 Å². The first-order chi connectivity index (χ1) is 7.67. The molecule has 0 aromatic heterocycles. The lowest BCUT2D eigenvalue weighted by atomic mass is 10.1. The van der Waals surface area contributed by atoms with E-state index in [1.165, 1.54) is 12.7 Å². The summed E-state index contributed by atoms with van der Waals surface area (Å²) in [5.41, 5.74) is 1.98. The van der Waals surface area contributed by atoms with Crippen molar-refractivity contribution in [3.05, 3.63) is 29.8 Å². The topological polar surface area (TPSA) is 58.6 Å². The fourth-order valence-corrected chi connectivity index (χ4v) is 1.42. The normalized spacial score (nSPS) is 12.1. The number of benzene rings is 1. The molecular formula is C12H17NO3. The first-order valence-corrected chi connectivity index (χ1v) is 5.24. The molecule has 0 bridgehead atoms. The molecule has 16 heavy (non-hydrogen) atoms. The molecule has 0 aliphatic heterocycles. The van der Waals surface area contributed by atoms with E-state index in [4.69, 9.17) is 9.84 Å². The van der Waals surface area contributed by atoms with Gasteiger partial charge in [-0.1, -0.05) is 19.1 Å². The average Bonchev–Trinajstić information content (AvgIpc) is 2.28. The molecule has 1 atom stereocenters. The van der Waals surface area contributed by atoms with Gasteiger partial charge < -0.3 is 15.2 Å². The summed E-state index contributed by atoms with van der Waals surface area (Å²) in [4.78, 5) is 10.9. The van der Waals surface area contributed by atoms with Crippen LogP contribution in [0.15, 0.2) is 24.3 Å². The smallest absolute Gasteiger partial charge is 0.328 e. The Morgan fingerprint density at radius 1 is 1.56 bits per heavy atom. The minimum absolute atomic E-state index is 0.145. The maximum atomic E-state index is 10.9. The van der Waals surface area contributed by atoms with Gasteiger partial charge in [-0.2, -0.15) is 0 Å².